The van der Waals surface area contributed by atoms with Crippen LogP contribution in [0.3, 0.4) is 0 Å². The quantitative estimate of drug-likeness (QED) is 0.260. The first-order valence-electron chi connectivity index (χ1n) is 11.2. The molecule has 0 spiro atoms. The first-order chi connectivity index (χ1) is 16.9. The fourth-order valence-corrected chi connectivity index (χ4v) is 5.62. The molecule has 6 rings (SSSR count). The SMILES string of the molecule is Fc1ccc(-c2cc3c(nc(N4CCN(c5cccc(C(F)(F)F)c5)CC4)c4cccn43)s2)cc1. The maximum Gasteiger partial charge on any atom is 0.416 e. The number of nitrogens with zero attached hydrogens (tertiary/aromatic N) is 4. The van der Waals surface area contributed by atoms with Crippen LogP contribution in [-0.4, -0.2) is 35.6 Å². The summed E-state index contributed by atoms with van der Waals surface area (Å²) in [6, 6.07) is 18.0. The van der Waals surface area contributed by atoms with Crippen LogP contribution in [0.4, 0.5) is 29.1 Å². The topological polar surface area (TPSA) is 23.8 Å². The van der Waals surface area contributed by atoms with Crippen LogP contribution in [0.5, 0.6) is 0 Å². The second-order valence-electron chi connectivity index (χ2n) is 8.53. The fourth-order valence-electron chi connectivity index (χ4n) is 4.60. The maximum absolute atomic E-state index is 13.4. The Labute approximate surface area is 202 Å². The Morgan fingerprint density at radius 3 is 2.29 bits per heavy atom. The fraction of sp³-hybridized carbons (Fsp3) is 0.192. The van der Waals surface area contributed by atoms with Crippen LogP contribution in [0.1, 0.15) is 5.56 Å². The molecule has 9 heteroatoms. The summed E-state index contributed by atoms with van der Waals surface area (Å²) in [5.74, 6) is 0.589. The van der Waals surface area contributed by atoms with E-state index in [1.165, 1.54) is 24.3 Å². The Morgan fingerprint density at radius 1 is 0.800 bits per heavy atom. The third-order valence-electron chi connectivity index (χ3n) is 6.38. The standard InChI is InChI=1S/C26H20F4N4S/c27-19-8-6-17(7-9-19)23-16-22-25(35-23)31-24(21-5-2-10-34(21)22)33-13-11-32(12-14-33)20-4-1-3-18(15-20)26(28,29)30/h1-10,15-16H,11-14H2. The molecule has 2 aromatic carbocycles. The zero-order chi connectivity index (χ0) is 24.2. The number of rotatable bonds is 3. The highest BCUT2D eigenvalue weighted by molar-refractivity contribution is 7.21. The summed E-state index contributed by atoms with van der Waals surface area (Å²) < 4.78 is 54.9. The molecule has 0 unspecified atom stereocenters. The first kappa shape index (κ1) is 21.9. The predicted molar refractivity (Wildman–Crippen MR) is 132 cm³/mol. The summed E-state index contributed by atoms with van der Waals surface area (Å²) in [5.41, 5.74) is 2.85. The first-order valence-corrected chi connectivity index (χ1v) is 12.0. The number of halogens is 4. The molecule has 0 N–H and O–H groups in total. The number of aromatic nitrogens is 2. The normalized spacial score (nSPS) is 14.9. The molecule has 4 heterocycles. The van der Waals surface area contributed by atoms with Gasteiger partial charge in [-0.2, -0.15) is 13.2 Å². The molecule has 0 atom stereocenters. The number of benzene rings is 2. The van der Waals surface area contributed by atoms with E-state index in [1.807, 2.05) is 23.2 Å². The summed E-state index contributed by atoms with van der Waals surface area (Å²) in [6.45, 7) is 2.48. The van der Waals surface area contributed by atoms with E-state index >= 15 is 0 Å². The summed E-state index contributed by atoms with van der Waals surface area (Å²) in [6.07, 6.45) is -2.35. The van der Waals surface area contributed by atoms with Gasteiger partial charge in [0.25, 0.3) is 0 Å². The molecule has 0 radical (unpaired) electrons. The number of piperazine rings is 1. The Morgan fingerprint density at radius 2 is 1.54 bits per heavy atom. The van der Waals surface area contributed by atoms with Crippen molar-refractivity contribution < 1.29 is 17.6 Å². The van der Waals surface area contributed by atoms with Gasteiger partial charge >= 0.3 is 6.18 Å². The minimum atomic E-state index is -4.36. The molecule has 0 bridgehead atoms. The minimum Gasteiger partial charge on any atom is -0.368 e. The van der Waals surface area contributed by atoms with Crippen molar-refractivity contribution in [1.29, 1.82) is 0 Å². The summed E-state index contributed by atoms with van der Waals surface area (Å²) in [7, 11) is 0. The molecule has 4 nitrogen and oxygen atoms in total. The van der Waals surface area contributed by atoms with E-state index in [-0.39, 0.29) is 5.82 Å². The second kappa shape index (κ2) is 8.27. The number of hydrogen-bond donors (Lipinski definition) is 0. The molecule has 1 saturated heterocycles. The van der Waals surface area contributed by atoms with Crippen LogP contribution in [0, 0.1) is 5.82 Å². The molecule has 1 aliphatic heterocycles. The number of fused-ring (bicyclic) bond motifs is 3. The van der Waals surface area contributed by atoms with Crippen LogP contribution < -0.4 is 9.80 Å². The smallest absolute Gasteiger partial charge is 0.368 e. The monoisotopic (exact) mass is 496 g/mol. The third kappa shape index (κ3) is 3.99. The Bertz CT molecular complexity index is 1510. The van der Waals surface area contributed by atoms with E-state index in [1.54, 1.807) is 29.5 Å². The molecule has 1 aliphatic rings. The molecule has 0 aliphatic carbocycles. The van der Waals surface area contributed by atoms with Crippen LogP contribution in [0.15, 0.2) is 72.9 Å². The van der Waals surface area contributed by atoms with Gasteiger partial charge in [-0.3, -0.25) is 0 Å². The highest BCUT2D eigenvalue weighted by Crippen LogP contribution is 2.36. The highest BCUT2D eigenvalue weighted by Gasteiger charge is 2.31. The summed E-state index contributed by atoms with van der Waals surface area (Å²) >= 11 is 1.56. The third-order valence-corrected chi connectivity index (χ3v) is 7.45. The van der Waals surface area contributed by atoms with Crippen molar-refractivity contribution in [3.05, 3.63) is 84.3 Å². The second-order valence-corrected chi connectivity index (χ2v) is 9.56. The van der Waals surface area contributed by atoms with E-state index in [2.05, 4.69) is 15.4 Å². The van der Waals surface area contributed by atoms with Crippen molar-refractivity contribution in [2.75, 3.05) is 36.0 Å². The Balaban J connectivity index is 1.29. The van der Waals surface area contributed by atoms with Crippen LogP contribution in [-0.2, 0) is 6.18 Å². The molecule has 35 heavy (non-hydrogen) atoms. The number of anilines is 2. The molecular weight excluding hydrogens is 476 g/mol. The molecular formula is C26H20F4N4S. The Hall–Kier alpha value is -3.59. The molecule has 3 aromatic heterocycles. The van der Waals surface area contributed by atoms with Gasteiger partial charge in [-0.15, -0.1) is 11.3 Å². The van der Waals surface area contributed by atoms with Gasteiger partial charge in [0.15, 0.2) is 5.82 Å². The highest BCUT2D eigenvalue weighted by atomic mass is 32.1. The van der Waals surface area contributed by atoms with Crippen molar-refractivity contribution in [2.24, 2.45) is 0 Å². The lowest BCUT2D eigenvalue weighted by atomic mass is 10.1. The van der Waals surface area contributed by atoms with E-state index < -0.39 is 11.7 Å². The summed E-state index contributed by atoms with van der Waals surface area (Å²) in [5, 5.41) is 0. The Kier molecular flexibility index (Phi) is 5.17. The van der Waals surface area contributed by atoms with Gasteiger partial charge in [0.1, 0.15) is 10.6 Å². The van der Waals surface area contributed by atoms with Gasteiger partial charge in [-0.25, -0.2) is 9.37 Å². The van der Waals surface area contributed by atoms with E-state index in [0.717, 1.165) is 38.2 Å². The molecule has 5 aromatic rings. The predicted octanol–water partition coefficient (Wildman–Crippen LogP) is 6.70. The molecule has 178 valence electrons. The number of hydrogen-bond acceptors (Lipinski definition) is 4. The summed E-state index contributed by atoms with van der Waals surface area (Å²) in [4.78, 5) is 11.1. The lowest BCUT2D eigenvalue weighted by Crippen LogP contribution is -2.47. The molecule has 1 fully saturated rings. The number of alkyl halides is 3. The largest absolute Gasteiger partial charge is 0.416 e. The van der Waals surface area contributed by atoms with Crippen molar-refractivity contribution in [3.63, 3.8) is 0 Å². The van der Waals surface area contributed by atoms with Crippen molar-refractivity contribution in [1.82, 2.24) is 9.38 Å². The van der Waals surface area contributed by atoms with E-state index in [9.17, 15) is 17.6 Å². The van der Waals surface area contributed by atoms with Crippen molar-refractivity contribution in [3.8, 4) is 10.4 Å². The van der Waals surface area contributed by atoms with Gasteiger partial charge in [0.2, 0.25) is 0 Å². The van der Waals surface area contributed by atoms with Crippen LogP contribution in [0.25, 0.3) is 26.3 Å². The van der Waals surface area contributed by atoms with Crippen LogP contribution in [0.2, 0.25) is 0 Å². The van der Waals surface area contributed by atoms with Gasteiger partial charge < -0.3 is 14.2 Å². The van der Waals surface area contributed by atoms with Crippen LogP contribution >= 0.6 is 11.3 Å². The average molecular weight is 497 g/mol. The van der Waals surface area contributed by atoms with Crippen molar-refractivity contribution >= 4 is 38.7 Å². The van der Waals surface area contributed by atoms with Gasteiger partial charge in [-0.1, -0.05) is 18.2 Å². The zero-order valence-corrected chi connectivity index (χ0v) is 19.3. The number of thiophene rings is 1. The van der Waals surface area contributed by atoms with Gasteiger partial charge in [-0.05, 0) is 54.1 Å². The lowest BCUT2D eigenvalue weighted by molar-refractivity contribution is -0.137. The van der Waals surface area contributed by atoms with E-state index in [0.29, 0.717) is 31.9 Å². The maximum atomic E-state index is 13.4. The minimum absolute atomic E-state index is 0.271. The molecule has 0 saturated carbocycles. The lowest BCUT2D eigenvalue weighted by Gasteiger charge is -2.37. The van der Waals surface area contributed by atoms with Crippen molar-refractivity contribution in [2.45, 2.75) is 6.18 Å². The van der Waals surface area contributed by atoms with E-state index in [4.69, 9.17) is 4.98 Å². The van der Waals surface area contributed by atoms with Gasteiger partial charge in [0.05, 0.1) is 16.6 Å². The molecule has 0 amide bonds. The van der Waals surface area contributed by atoms with Gasteiger partial charge in [0, 0.05) is 42.9 Å². The zero-order valence-electron chi connectivity index (χ0n) is 18.5. The average Bonchev–Trinajstić information content (AvgIpc) is 3.51.